The van der Waals surface area contributed by atoms with Crippen LogP contribution in [0.4, 0.5) is 0 Å². The number of terminal acetylenes is 1. The Hall–Kier alpha value is -6.15. The van der Waals surface area contributed by atoms with Crippen molar-refractivity contribution < 1.29 is 18.9 Å². The molecule has 0 saturated carbocycles. The van der Waals surface area contributed by atoms with Crippen molar-refractivity contribution in [1.82, 2.24) is 48.6 Å². The number of nitrogens with zero attached hydrogens (tertiary/aromatic N) is 12. The SMILES string of the molecule is C#Cc1ccc2c(c1)-c1nnc(COC)n1Cc1c(C3=N[C@H](CC(C)C)CO3)ncn1-2.COCc1nnc2n1Cc1c(C3=N[C@H](CC(C)C)CO3)ncn1-c1ccc(Cl)cc1-2. The van der Waals surface area contributed by atoms with E-state index in [9.17, 15) is 0 Å². The Kier molecular flexibility index (Phi) is 11.0. The third-order valence-corrected chi connectivity index (χ3v) is 11.2. The predicted octanol–water partition coefficient (Wildman–Crippen LogP) is 6.30. The van der Waals surface area contributed by atoms with E-state index in [1.807, 2.05) is 58.2 Å². The molecule has 314 valence electrons. The summed E-state index contributed by atoms with van der Waals surface area (Å²) in [6, 6.07) is 12.0. The summed E-state index contributed by atoms with van der Waals surface area (Å²) < 4.78 is 30.8. The van der Waals surface area contributed by atoms with Gasteiger partial charge in [-0.25, -0.2) is 20.0 Å². The van der Waals surface area contributed by atoms with Gasteiger partial charge < -0.3 is 28.1 Å². The topological polar surface area (TPSA) is 159 Å². The molecule has 4 aliphatic rings. The van der Waals surface area contributed by atoms with E-state index in [-0.39, 0.29) is 12.1 Å². The smallest absolute Gasteiger partial charge is 0.237 e. The van der Waals surface area contributed by atoms with Gasteiger partial charge in [-0.3, -0.25) is 9.13 Å². The maximum Gasteiger partial charge on any atom is 0.237 e. The summed E-state index contributed by atoms with van der Waals surface area (Å²) in [5.74, 6) is 8.02. The minimum absolute atomic E-state index is 0.165. The molecule has 4 aliphatic heterocycles. The van der Waals surface area contributed by atoms with Crippen molar-refractivity contribution in [1.29, 1.82) is 0 Å². The number of hydrogen-bond donors (Lipinski definition) is 0. The lowest BCUT2D eigenvalue weighted by Crippen LogP contribution is -2.13. The molecule has 0 saturated heterocycles. The molecule has 10 rings (SSSR count). The molecule has 0 radical (unpaired) electrons. The fraction of sp³-hybridized carbons (Fsp3) is 0.409. The minimum atomic E-state index is 0.165. The summed E-state index contributed by atoms with van der Waals surface area (Å²) in [6.07, 6.45) is 11.3. The number of halogens is 1. The minimum Gasteiger partial charge on any atom is -0.474 e. The lowest BCUT2D eigenvalue weighted by molar-refractivity contribution is 0.174. The molecule has 0 spiro atoms. The van der Waals surface area contributed by atoms with Gasteiger partial charge in [-0.2, -0.15) is 0 Å². The second-order valence-corrected chi connectivity index (χ2v) is 16.8. The highest BCUT2D eigenvalue weighted by atomic mass is 35.5. The molecule has 61 heavy (non-hydrogen) atoms. The van der Waals surface area contributed by atoms with Crippen molar-refractivity contribution in [3.63, 3.8) is 0 Å². The van der Waals surface area contributed by atoms with Gasteiger partial charge in [0.1, 0.15) is 50.5 Å². The summed E-state index contributed by atoms with van der Waals surface area (Å²) >= 11 is 6.31. The molecule has 2 atom stereocenters. The van der Waals surface area contributed by atoms with Crippen LogP contribution < -0.4 is 0 Å². The molecule has 0 aliphatic carbocycles. The van der Waals surface area contributed by atoms with Crippen molar-refractivity contribution in [3.8, 4) is 46.5 Å². The Labute approximate surface area is 358 Å². The average molecular weight is 843 g/mol. The molecule has 8 heterocycles. The van der Waals surface area contributed by atoms with Gasteiger partial charge in [0.25, 0.3) is 0 Å². The van der Waals surface area contributed by atoms with E-state index in [1.54, 1.807) is 14.2 Å². The van der Waals surface area contributed by atoms with Crippen molar-refractivity contribution in [2.24, 2.45) is 21.8 Å². The van der Waals surface area contributed by atoms with Crippen LogP contribution in [0.1, 0.15) is 80.5 Å². The van der Waals surface area contributed by atoms with Crippen molar-refractivity contribution >= 4 is 23.4 Å². The zero-order valence-electron chi connectivity index (χ0n) is 35.0. The summed E-state index contributed by atoms with van der Waals surface area (Å²) in [4.78, 5) is 19.0. The third kappa shape index (κ3) is 7.62. The number of fused-ring (bicyclic) bond motifs is 10. The van der Waals surface area contributed by atoms with E-state index >= 15 is 0 Å². The van der Waals surface area contributed by atoms with Crippen LogP contribution in [0.2, 0.25) is 5.02 Å². The summed E-state index contributed by atoms with van der Waals surface area (Å²) in [7, 11) is 3.29. The average Bonchev–Trinajstić information content (AvgIpc) is 4.11. The van der Waals surface area contributed by atoms with Gasteiger partial charge in [-0.15, -0.1) is 26.8 Å². The summed E-state index contributed by atoms with van der Waals surface area (Å²) in [6.45, 7) is 11.7. The molecular formula is C44H47ClN12O4. The third-order valence-electron chi connectivity index (χ3n) is 11.0. The van der Waals surface area contributed by atoms with Crippen LogP contribution in [0.3, 0.4) is 0 Å². The maximum atomic E-state index is 6.31. The molecule has 0 N–H and O–H groups in total. The van der Waals surface area contributed by atoms with Gasteiger partial charge in [0.2, 0.25) is 11.8 Å². The van der Waals surface area contributed by atoms with Crippen LogP contribution in [-0.4, -0.2) is 99.9 Å². The fourth-order valence-electron chi connectivity index (χ4n) is 8.33. The highest BCUT2D eigenvalue weighted by molar-refractivity contribution is 6.31. The van der Waals surface area contributed by atoms with Gasteiger partial charge in [0, 0.05) is 35.9 Å². The van der Waals surface area contributed by atoms with Crippen LogP contribution in [0, 0.1) is 24.2 Å². The lowest BCUT2D eigenvalue weighted by atomic mass is 10.1. The van der Waals surface area contributed by atoms with E-state index in [4.69, 9.17) is 51.9 Å². The first-order valence-electron chi connectivity index (χ1n) is 20.4. The molecule has 0 fully saturated rings. The van der Waals surface area contributed by atoms with Gasteiger partial charge in [-0.05, 0) is 61.1 Å². The molecule has 6 aromatic rings. The van der Waals surface area contributed by atoms with Crippen LogP contribution in [0.5, 0.6) is 0 Å². The molecule has 0 bridgehead atoms. The monoisotopic (exact) mass is 842 g/mol. The van der Waals surface area contributed by atoms with Crippen LogP contribution >= 0.6 is 11.6 Å². The zero-order chi connectivity index (χ0) is 42.4. The molecule has 0 amide bonds. The Balaban J connectivity index is 0.000000156. The number of hydrogen-bond acceptors (Lipinski definition) is 12. The first-order chi connectivity index (χ1) is 29.6. The number of imidazole rings is 2. The Morgan fingerprint density at radius 2 is 1.21 bits per heavy atom. The Morgan fingerprint density at radius 1 is 0.721 bits per heavy atom. The molecule has 16 nitrogen and oxygen atoms in total. The van der Waals surface area contributed by atoms with E-state index in [2.05, 4.69) is 68.1 Å². The van der Waals surface area contributed by atoms with Crippen molar-refractivity contribution in [2.45, 2.75) is 78.9 Å². The Morgan fingerprint density at radius 3 is 1.69 bits per heavy atom. The summed E-state index contributed by atoms with van der Waals surface area (Å²) in [5, 5.41) is 18.2. The number of rotatable bonds is 10. The maximum absolute atomic E-state index is 6.31. The van der Waals surface area contributed by atoms with Gasteiger partial charge in [0.15, 0.2) is 23.3 Å². The number of aromatic nitrogens is 10. The molecule has 17 heteroatoms. The number of ether oxygens (including phenoxy) is 4. The molecular weight excluding hydrogens is 796 g/mol. The number of benzene rings is 2. The van der Waals surface area contributed by atoms with Gasteiger partial charge in [0.05, 0.1) is 47.9 Å². The van der Waals surface area contributed by atoms with Crippen LogP contribution in [0.25, 0.3) is 34.2 Å². The molecule has 2 aromatic carbocycles. The normalized spacial score (nSPS) is 17.0. The van der Waals surface area contributed by atoms with E-state index in [1.165, 1.54) is 0 Å². The Bertz CT molecular complexity index is 2710. The van der Waals surface area contributed by atoms with Crippen molar-refractivity contribution in [2.75, 3.05) is 27.4 Å². The number of aliphatic imine (C=N–C) groups is 2. The highest BCUT2D eigenvalue weighted by Gasteiger charge is 2.33. The lowest BCUT2D eigenvalue weighted by Gasteiger charge is -2.09. The zero-order valence-corrected chi connectivity index (χ0v) is 35.8. The largest absolute Gasteiger partial charge is 0.474 e. The summed E-state index contributed by atoms with van der Waals surface area (Å²) in [5.41, 5.74) is 7.92. The number of methoxy groups -OCH3 is 2. The second kappa shape index (κ2) is 16.7. The quantitative estimate of drug-likeness (QED) is 0.143. The second-order valence-electron chi connectivity index (χ2n) is 16.3. The van der Waals surface area contributed by atoms with Crippen LogP contribution in [-0.2, 0) is 45.3 Å². The van der Waals surface area contributed by atoms with E-state index in [0.717, 1.165) is 87.0 Å². The van der Waals surface area contributed by atoms with E-state index in [0.29, 0.717) is 68.2 Å². The van der Waals surface area contributed by atoms with Crippen LogP contribution in [0.15, 0.2) is 59.0 Å². The van der Waals surface area contributed by atoms with Gasteiger partial charge in [-0.1, -0.05) is 45.2 Å². The molecule has 0 unspecified atom stereocenters. The highest BCUT2D eigenvalue weighted by Crippen LogP contribution is 2.36. The molecule has 4 aromatic heterocycles. The van der Waals surface area contributed by atoms with Gasteiger partial charge >= 0.3 is 0 Å². The fourth-order valence-corrected chi connectivity index (χ4v) is 8.50. The predicted molar refractivity (Wildman–Crippen MR) is 229 cm³/mol. The standard InChI is InChI=1S/C23H24N6O2.C21H23ClN6O2/c1-5-15-6-7-18-17(9-15)22-27-26-20(12-30-4)28(22)10-19-21(24-13-29(18)19)23-25-16(11-31-23)8-14(2)3;1-12(2)6-14-9-30-21(24-14)19-17-8-27-18(10-29-3)25-26-20(27)15-7-13(22)4-5-16(15)28(17)11-23-19/h1,6-7,9,13-14,16H,8,10-12H2,2-4H3;4-5,7,11-12,14H,6,8-10H2,1-3H3/t16-;14-/m11/s1. The van der Waals surface area contributed by atoms with Crippen molar-refractivity contribution in [3.05, 3.63) is 94.1 Å². The first-order valence-corrected chi connectivity index (χ1v) is 20.8. The first kappa shape index (κ1) is 40.3. The van der Waals surface area contributed by atoms with E-state index < -0.39 is 0 Å².